The van der Waals surface area contributed by atoms with Gasteiger partial charge in [-0.2, -0.15) is 0 Å². The average Bonchev–Trinajstić information content (AvgIpc) is 1.85. The second-order valence-corrected chi connectivity index (χ2v) is 9.94. The molecule has 0 radical (unpaired) electrons. The molecule has 0 saturated carbocycles. The molecule has 0 rings (SSSR count). The van der Waals surface area contributed by atoms with Crippen LogP contribution in [-0.4, -0.2) is 32.1 Å². The third-order valence-electron chi connectivity index (χ3n) is 0.809. The van der Waals surface area contributed by atoms with E-state index in [0.29, 0.717) is 0 Å². The topological polar surface area (TPSA) is 29.3 Å². The fourth-order valence-electron chi connectivity index (χ4n) is 0.408. The number of hydrogen-bond acceptors (Lipinski definition) is 2. The van der Waals surface area contributed by atoms with Gasteiger partial charge in [-0.15, -0.1) is 0 Å². The van der Waals surface area contributed by atoms with E-state index >= 15 is 0 Å². The molecule has 0 fully saturated rings. The molecule has 0 aromatic carbocycles. The molecule has 0 heterocycles. The third-order valence-corrected chi connectivity index (χ3v) is 0.809. The second-order valence-electron chi connectivity index (χ2n) is 1.99. The summed E-state index contributed by atoms with van der Waals surface area (Å²) in [5.41, 5.74) is 5.25. The quantitative estimate of drug-likeness (QED) is 0.557. The molecule has 2 N–H and O–H groups in total. The molecule has 0 aromatic heterocycles. The molecule has 0 aliphatic carbocycles. The molecule has 5 heteroatoms. The first-order valence-electron chi connectivity index (χ1n) is 2.85. The zero-order valence-electron chi connectivity index (χ0n) is 6.20. The van der Waals surface area contributed by atoms with E-state index in [-0.39, 0.29) is 0 Å². The minimum atomic E-state index is 0.804. The Morgan fingerprint density at radius 2 is 1.80 bits per heavy atom. The number of hydrogen-bond donors (Lipinski definition) is 1. The summed E-state index contributed by atoms with van der Waals surface area (Å²) in [6.07, 6.45) is 1.10. The Hall–Kier alpha value is 1.90. The minimum absolute atomic E-state index is 0.804. The summed E-state index contributed by atoms with van der Waals surface area (Å²) in [5, 5.41) is 0. The molecule has 0 bridgehead atoms. The first-order chi connectivity index (χ1) is 4.68. The van der Waals surface area contributed by atoms with E-state index in [1.807, 2.05) is 0 Å². The van der Waals surface area contributed by atoms with Crippen molar-refractivity contribution >= 4 is 40.7 Å². The van der Waals surface area contributed by atoms with Crippen LogP contribution in [0.25, 0.3) is 0 Å². The van der Waals surface area contributed by atoms with Crippen molar-refractivity contribution in [2.45, 2.75) is 6.42 Å². The Kier molecular flexibility index (Phi) is 19.5. The van der Waals surface area contributed by atoms with Crippen LogP contribution < -0.4 is 5.73 Å². The molecular weight excluding hydrogens is 405 g/mol. The van der Waals surface area contributed by atoms with E-state index in [9.17, 15) is 0 Å². The molecule has 0 unspecified atom stereocenters. The Balaban J connectivity index is 0. The summed E-state index contributed by atoms with van der Waals surface area (Å²) in [6, 6.07) is 0. The fraction of sp³-hybridized carbons (Fsp3) is 1.00. The molecule has 2 nitrogen and oxygen atoms in total. The van der Waals surface area contributed by atoms with Crippen molar-refractivity contribution < 1.29 is 8.46 Å². The van der Waals surface area contributed by atoms with Crippen LogP contribution in [0.1, 0.15) is 6.42 Å². The summed E-state index contributed by atoms with van der Waals surface area (Å²) in [4.78, 5) is 2.13. The van der Waals surface area contributed by atoms with Gasteiger partial charge in [0.1, 0.15) is 0 Å². The molecule has 0 aromatic rings. The Morgan fingerprint density at radius 1 is 1.40 bits per heavy atom. The summed E-state index contributed by atoms with van der Waals surface area (Å²) in [7, 11) is 5.86. The summed E-state index contributed by atoms with van der Waals surface area (Å²) in [6.45, 7) is 1.91. The predicted molar refractivity (Wildman–Crippen MR) is 60.3 cm³/mol. The SMILES string of the molecule is CN(C)CCCN.[I][Cu][I]. The van der Waals surface area contributed by atoms with Crippen molar-refractivity contribution in [3.8, 4) is 0 Å². The van der Waals surface area contributed by atoms with Gasteiger partial charge >= 0.3 is 49.1 Å². The molecule has 0 atom stereocenters. The maximum absolute atomic E-state index is 5.25. The van der Waals surface area contributed by atoms with E-state index in [4.69, 9.17) is 5.73 Å². The molecule has 69 valence electrons. The standard InChI is InChI=1S/C5H14N2.Cu.2HI/c1-7(2)5-3-4-6;;;/h3-6H2,1-2H3;;2*1H/q;+2;;/p-2. The van der Waals surface area contributed by atoms with Crippen LogP contribution in [0.4, 0.5) is 0 Å². The zero-order chi connectivity index (χ0) is 8.41. The predicted octanol–water partition coefficient (Wildman–Crippen LogP) is 1.67. The number of halogens is 2. The molecule has 0 saturated heterocycles. The van der Waals surface area contributed by atoms with Gasteiger partial charge in [-0.05, 0) is 33.6 Å². The van der Waals surface area contributed by atoms with Gasteiger partial charge in [0.05, 0.1) is 0 Å². The van der Waals surface area contributed by atoms with Gasteiger partial charge in [0.2, 0.25) is 0 Å². The Labute approximate surface area is 92.3 Å². The van der Waals surface area contributed by atoms with Crippen molar-refractivity contribution in [2.75, 3.05) is 27.2 Å². The van der Waals surface area contributed by atoms with Gasteiger partial charge in [0, 0.05) is 0 Å². The van der Waals surface area contributed by atoms with Gasteiger partial charge in [-0.3, -0.25) is 0 Å². The van der Waals surface area contributed by atoms with Crippen molar-refractivity contribution in [1.82, 2.24) is 4.90 Å². The maximum atomic E-state index is 5.25. The molecule has 0 aliphatic heterocycles. The first kappa shape index (κ1) is 14.4. The summed E-state index contributed by atoms with van der Waals surface area (Å²) >= 11 is 4.36. The van der Waals surface area contributed by atoms with Crippen LogP contribution in [0.15, 0.2) is 0 Å². The van der Waals surface area contributed by atoms with Crippen LogP contribution in [-0.2, 0) is 8.46 Å². The van der Waals surface area contributed by atoms with Crippen molar-refractivity contribution in [3.63, 3.8) is 0 Å². The molecule has 0 aliphatic rings. The fourth-order valence-corrected chi connectivity index (χ4v) is 0.408. The van der Waals surface area contributed by atoms with Crippen molar-refractivity contribution in [1.29, 1.82) is 0 Å². The monoisotopic (exact) mass is 419 g/mol. The van der Waals surface area contributed by atoms with Crippen LogP contribution in [0.2, 0.25) is 0 Å². The van der Waals surface area contributed by atoms with E-state index in [2.05, 4.69) is 59.7 Å². The van der Waals surface area contributed by atoms with E-state index in [0.717, 1.165) is 19.5 Å². The van der Waals surface area contributed by atoms with Crippen LogP contribution in [0.5, 0.6) is 0 Å². The second kappa shape index (κ2) is 13.5. The average molecular weight is 420 g/mol. The van der Waals surface area contributed by atoms with Gasteiger partial charge in [-0.25, -0.2) is 0 Å². The van der Waals surface area contributed by atoms with Gasteiger partial charge in [0.15, 0.2) is 0 Å². The number of nitrogens with zero attached hydrogens (tertiary/aromatic N) is 1. The van der Waals surface area contributed by atoms with Gasteiger partial charge in [-0.1, -0.05) is 0 Å². The Bertz CT molecular complexity index is 54.9. The third kappa shape index (κ3) is 22.5. The molecular formula is C5H14CuI2N2. The molecule has 0 amide bonds. The van der Waals surface area contributed by atoms with Crippen LogP contribution >= 0.6 is 40.7 Å². The molecule has 0 spiro atoms. The van der Waals surface area contributed by atoms with Crippen LogP contribution in [0, 0.1) is 0 Å². The summed E-state index contributed by atoms with van der Waals surface area (Å²) in [5.74, 6) is 0. The Morgan fingerprint density at radius 3 is 1.90 bits per heavy atom. The van der Waals surface area contributed by atoms with Gasteiger partial charge in [0.25, 0.3) is 0 Å². The first-order valence-corrected chi connectivity index (χ1v) is 8.92. The molecule has 10 heavy (non-hydrogen) atoms. The van der Waals surface area contributed by atoms with Gasteiger partial charge < -0.3 is 10.6 Å². The van der Waals surface area contributed by atoms with Crippen molar-refractivity contribution in [2.24, 2.45) is 5.73 Å². The van der Waals surface area contributed by atoms with E-state index < -0.39 is 0 Å². The normalized spacial score (nSPS) is 9.40. The summed E-state index contributed by atoms with van der Waals surface area (Å²) < 4.78 is 0. The van der Waals surface area contributed by atoms with Crippen molar-refractivity contribution in [3.05, 3.63) is 0 Å². The van der Waals surface area contributed by atoms with E-state index in [1.54, 1.807) is 8.46 Å². The number of nitrogens with two attached hydrogens (primary N) is 1. The van der Waals surface area contributed by atoms with Crippen LogP contribution in [0.3, 0.4) is 0 Å². The zero-order valence-corrected chi connectivity index (χ0v) is 11.5. The van der Waals surface area contributed by atoms with E-state index in [1.165, 1.54) is 0 Å². The number of rotatable bonds is 3.